The van der Waals surface area contributed by atoms with E-state index in [9.17, 15) is 11.0 Å². The molecule has 0 fully saturated rings. The Morgan fingerprint density at radius 1 is 0.345 bits per heavy atom. The van der Waals surface area contributed by atoms with Crippen LogP contribution in [0.15, 0.2) is 229 Å². The predicted octanol–water partition coefficient (Wildman–Crippen LogP) is 16.0. The second kappa shape index (κ2) is 14.1. The van der Waals surface area contributed by atoms with E-state index in [0.29, 0.717) is 22.4 Å². The van der Waals surface area contributed by atoms with Gasteiger partial charge in [-0.15, -0.1) is 0 Å². The quantitative estimate of drug-likeness (QED) is 0.161. The van der Waals surface area contributed by atoms with Gasteiger partial charge in [0.15, 0.2) is 0 Å². The Morgan fingerprint density at radius 3 is 1.69 bits per heavy atom. The first-order chi connectivity index (χ1) is 32.1. The van der Waals surface area contributed by atoms with Gasteiger partial charge >= 0.3 is 0 Å². The van der Waals surface area contributed by atoms with Crippen LogP contribution in [0.1, 0.15) is 11.0 Å². The Bertz CT molecular complexity index is 3690. The van der Waals surface area contributed by atoms with E-state index in [1.54, 1.807) is 48.5 Å². The van der Waals surface area contributed by atoms with Gasteiger partial charge in [-0.2, -0.15) is 0 Å². The zero-order chi connectivity index (χ0) is 45.4. The lowest BCUT2D eigenvalue weighted by molar-refractivity contribution is 0.672. The van der Waals surface area contributed by atoms with E-state index in [0.717, 1.165) is 60.2 Å². The predicted molar refractivity (Wildman–Crippen MR) is 245 cm³/mol. The SMILES string of the molecule is [2H]c1c([2H])c(N(c2ccccc2-c2ccc3c(ccc4c5ccccc5oc34)c2)c2c([2H])c([2H])c(-c3ccc(-c4cccc5ccccc45)cc3)c([2H])c2[2H])c([2H])c([2H])c1-c1ccccc1. The van der Waals surface area contributed by atoms with Gasteiger partial charge in [0.25, 0.3) is 0 Å². The van der Waals surface area contributed by atoms with E-state index in [-0.39, 0.29) is 46.7 Å². The number of furan rings is 1. The van der Waals surface area contributed by atoms with Crippen LogP contribution in [0.25, 0.3) is 88.0 Å². The molecule has 0 aliphatic carbocycles. The van der Waals surface area contributed by atoms with E-state index in [2.05, 4.69) is 18.2 Å². The zero-order valence-electron chi connectivity index (χ0n) is 39.1. The van der Waals surface area contributed by atoms with Crippen LogP contribution >= 0.6 is 0 Å². The van der Waals surface area contributed by atoms with Gasteiger partial charge < -0.3 is 9.32 Å². The highest BCUT2D eigenvalue weighted by Crippen LogP contribution is 2.43. The molecule has 272 valence electrons. The molecule has 10 aromatic carbocycles. The number of fused-ring (bicyclic) bond motifs is 6. The van der Waals surface area contributed by atoms with E-state index in [4.69, 9.17) is 4.42 Å². The van der Waals surface area contributed by atoms with Gasteiger partial charge in [-0.1, -0.05) is 170 Å². The van der Waals surface area contributed by atoms with Crippen LogP contribution in [0.5, 0.6) is 0 Å². The fraction of sp³-hybridized carbons (Fsp3) is 0. The summed E-state index contributed by atoms with van der Waals surface area (Å²) in [5.41, 5.74) is 5.92. The summed E-state index contributed by atoms with van der Waals surface area (Å²) in [6, 6.07) is 52.7. The summed E-state index contributed by atoms with van der Waals surface area (Å²) in [7, 11) is 0. The maximum atomic E-state index is 9.69. The van der Waals surface area contributed by atoms with Crippen molar-refractivity contribution in [2.24, 2.45) is 0 Å². The monoisotopic (exact) mass is 747 g/mol. The molecule has 0 atom stereocenters. The third kappa shape index (κ3) is 5.91. The third-order valence-corrected chi connectivity index (χ3v) is 10.8. The molecule has 1 heterocycles. The van der Waals surface area contributed by atoms with Crippen molar-refractivity contribution in [3.8, 4) is 44.5 Å². The summed E-state index contributed by atoms with van der Waals surface area (Å²) in [6.07, 6.45) is 0. The first-order valence-corrected chi connectivity index (χ1v) is 19.2. The van der Waals surface area contributed by atoms with Crippen LogP contribution in [0.4, 0.5) is 17.1 Å². The standard InChI is InChI=1S/C56H37NO/c1-2-11-38(12-3-1)40-25-31-46(32-26-40)57(47-33-27-41(28-34-47)39-21-23-43(24-22-39)49-18-10-14-42-13-4-5-15-48(42)49)54-19-8-6-16-50(54)44-29-35-51-45(37-44)30-36-53-52-17-7-9-20-55(52)58-56(51)53/h1-37H/i25D,26D,27D,28D,31D,32D,33D,34D. The molecule has 11 aromatic rings. The van der Waals surface area contributed by atoms with Gasteiger partial charge in [0.2, 0.25) is 0 Å². The molecule has 0 radical (unpaired) electrons. The summed E-state index contributed by atoms with van der Waals surface area (Å²) >= 11 is 0. The molecule has 2 heteroatoms. The van der Waals surface area contributed by atoms with Crippen molar-refractivity contribution >= 4 is 60.5 Å². The number of para-hydroxylation sites is 2. The minimum absolute atomic E-state index is 0.0943. The Labute approximate surface area is 348 Å². The minimum Gasteiger partial charge on any atom is -0.455 e. The molecule has 11 rings (SSSR count). The van der Waals surface area contributed by atoms with Crippen molar-refractivity contribution in [3.63, 3.8) is 0 Å². The van der Waals surface area contributed by atoms with Gasteiger partial charge in [0, 0.05) is 33.1 Å². The third-order valence-electron chi connectivity index (χ3n) is 10.8. The molecular formula is C56H37NO. The summed E-state index contributed by atoms with van der Waals surface area (Å²) < 4.78 is 82.5. The highest BCUT2D eigenvalue weighted by Gasteiger charge is 2.19. The second-order valence-electron chi connectivity index (χ2n) is 14.2. The Balaban J connectivity index is 1.12. The van der Waals surface area contributed by atoms with Crippen LogP contribution in [-0.4, -0.2) is 0 Å². The molecule has 2 nitrogen and oxygen atoms in total. The first kappa shape index (κ1) is 26.2. The number of hydrogen-bond acceptors (Lipinski definition) is 2. The van der Waals surface area contributed by atoms with E-state index < -0.39 is 24.2 Å². The van der Waals surface area contributed by atoms with Crippen molar-refractivity contribution in [2.75, 3.05) is 4.90 Å². The maximum Gasteiger partial charge on any atom is 0.143 e. The molecule has 0 N–H and O–H groups in total. The fourth-order valence-corrected chi connectivity index (χ4v) is 7.97. The van der Waals surface area contributed by atoms with E-state index in [1.165, 1.54) is 4.90 Å². The first-order valence-electron chi connectivity index (χ1n) is 23.2. The summed E-state index contributed by atoms with van der Waals surface area (Å²) in [4.78, 5) is 1.38. The number of anilines is 3. The van der Waals surface area contributed by atoms with Gasteiger partial charge in [-0.3, -0.25) is 0 Å². The molecule has 0 aliphatic heterocycles. The lowest BCUT2D eigenvalue weighted by atomic mass is 9.96. The number of benzene rings is 10. The van der Waals surface area contributed by atoms with E-state index in [1.807, 2.05) is 109 Å². The highest BCUT2D eigenvalue weighted by molar-refractivity contribution is 6.15. The Kier molecular flexibility index (Phi) is 6.38. The molecular weight excluding hydrogens is 703 g/mol. The van der Waals surface area contributed by atoms with Crippen LogP contribution in [0.3, 0.4) is 0 Å². The lowest BCUT2D eigenvalue weighted by Gasteiger charge is -2.28. The second-order valence-corrected chi connectivity index (χ2v) is 14.2. The van der Waals surface area contributed by atoms with Crippen LogP contribution < -0.4 is 4.90 Å². The molecule has 0 amide bonds. The van der Waals surface area contributed by atoms with Crippen LogP contribution in [0, 0.1) is 0 Å². The lowest BCUT2D eigenvalue weighted by Crippen LogP contribution is -2.11. The fourth-order valence-electron chi connectivity index (χ4n) is 7.97. The highest BCUT2D eigenvalue weighted by atomic mass is 16.3. The zero-order valence-corrected chi connectivity index (χ0v) is 31.1. The topological polar surface area (TPSA) is 16.4 Å². The van der Waals surface area contributed by atoms with Crippen LogP contribution in [-0.2, 0) is 0 Å². The number of rotatable bonds is 7. The van der Waals surface area contributed by atoms with Gasteiger partial charge in [-0.25, -0.2) is 0 Å². The minimum atomic E-state index is -0.409. The van der Waals surface area contributed by atoms with Crippen molar-refractivity contribution < 1.29 is 15.4 Å². The van der Waals surface area contributed by atoms with Crippen LogP contribution in [0.2, 0.25) is 0 Å². The molecule has 1 aromatic heterocycles. The van der Waals surface area contributed by atoms with Crippen molar-refractivity contribution in [1.82, 2.24) is 0 Å². The average molecular weight is 748 g/mol. The molecule has 0 spiro atoms. The summed E-state index contributed by atoms with van der Waals surface area (Å²) in [5, 5.41) is 5.98. The maximum absolute atomic E-state index is 9.69. The molecule has 0 aliphatic rings. The van der Waals surface area contributed by atoms with Crippen molar-refractivity contribution in [2.45, 2.75) is 0 Å². The van der Waals surface area contributed by atoms with Gasteiger partial charge in [0.1, 0.15) is 11.2 Å². The Hall–Kier alpha value is -7.68. The molecule has 0 saturated heterocycles. The van der Waals surface area contributed by atoms with E-state index >= 15 is 0 Å². The average Bonchev–Trinajstić information content (AvgIpc) is 3.74. The summed E-state index contributed by atoms with van der Waals surface area (Å²) in [6.45, 7) is 0. The Morgan fingerprint density at radius 2 is 0.914 bits per heavy atom. The number of hydrogen-bond donors (Lipinski definition) is 0. The van der Waals surface area contributed by atoms with Crippen molar-refractivity contribution in [3.05, 3.63) is 224 Å². The normalized spacial score (nSPS) is 13.4. The van der Waals surface area contributed by atoms with Gasteiger partial charge in [-0.05, 0) is 110 Å². The molecule has 0 saturated carbocycles. The summed E-state index contributed by atoms with van der Waals surface area (Å²) in [5.74, 6) is 0. The molecule has 0 unspecified atom stereocenters. The number of nitrogens with zero attached hydrogens (tertiary/aromatic N) is 1. The smallest absolute Gasteiger partial charge is 0.143 e. The molecule has 58 heavy (non-hydrogen) atoms. The van der Waals surface area contributed by atoms with Crippen molar-refractivity contribution in [1.29, 1.82) is 0 Å². The van der Waals surface area contributed by atoms with Gasteiger partial charge in [0.05, 0.1) is 16.7 Å². The largest absolute Gasteiger partial charge is 0.455 e. The molecule has 0 bridgehead atoms.